The molecule has 3 rings (SSSR count). The molecule has 1 N–H and O–H groups in total. The Labute approximate surface area is 184 Å². The highest BCUT2D eigenvalue weighted by atomic mass is 32.1. The molecule has 164 valence electrons. The van der Waals surface area contributed by atoms with Gasteiger partial charge in [-0.1, -0.05) is 37.3 Å². The highest BCUT2D eigenvalue weighted by Gasteiger charge is 2.21. The zero-order valence-electron chi connectivity index (χ0n) is 18.2. The SMILES string of the molecule is CCc1nsc(N2CCN(C(=NC)NCCCCOCCc3ccccc3)CC2)n1. The van der Waals surface area contributed by atoms with Gasteiger partial charge in [0.2, 0.25) is 5.13 Å². The second-order valence-corrected chi connectivity index (χ2v) is 8.08. The highest BCUT2D eigenvalue weighted by Crippen LogP contribution is 2.19. The number of unbranched alkanes of at least 4 members (excludes halogenated alkanes) is 1. The Bertz CT molecular complexity index is 758. The smallest absolute Gasteiger partial charge is 0.205 e. The van der Waals surface area contributed by atoms with E-state index in [9.17, 15) is 0 Å². The zero-order valence-corrected chi connectivity index (χ0v) is 19.0. The molecule has 1 aromatic carbocycles. The number of aromatic nitrogens is 2. The minimum absolute atomic E-state index is 0.789. The highest BCUT2D eigenvalue weighted by molar-refractivity contribution is 7.09. The Morgan fingerprint density at radius 1 is 1.13 bits per heavy atom. The Kier molecular flexibility index (Phi) is 9.37. The summed E-state index contributed by atoms with van der Waals surface area (Å²) < 4.78 is 10.2. The number of nitrogens with one attached hydrogen (secondary N) is 1. The molecule has 0 amide bonds. The molecule has 1 aliphatic heterocycles. The third-order valence-electron chi connectivity index (χ3n) is 5.21. The van der Waals surface area contributed by atoms with E-state index in [1.807, 2.05) is 13.1 Å². The minimum atomic E-state index is 0.789. The van der Waals surface area contributed by atoms with Crippen molar-refractivity contribution in [3.63, 3.8) is 0 Å². The zero-order chi connectivity index (χ0) is 21.0. The van der Waals surface area contributed by atoms with Gasteiger partial charge in [-0.3, -0.25) is 4.99 Å². The van der Waals surface area contributed by atoms with Gasteiger partial charge in [-0.15, -0.1) is 0 Å². The Morgan fingerprint density at radius 3 is 2.63 bits per heavy atom. The van der Waals surface area contributed by atoms with E-state index < -0.39 is 0 Å². The molecule has 30 heavy (non-hydrogen) atoms. The lowest BCUT2D eigenvalue weighted by molar-refractivity contribution is 0.133. The fourth-order valence-corrected chi connectivity index (χ4v) is 4.23. The van der Waals surface area contributed by atoms with Gasteiger partial charge in [0, 0.05) is 64.3 Å². The molecule has 0 unspecified atom stereocenters. The van der Waals surface area contributed by atoms with Crippen LogP contribution in [0.5, 0.6) is 0 Å². The normalized spacial score (nSPS) is 14.9. The summed E-state index contributed by atoms with van der Waals surface area (Å²) in [6, 6.07) is 10.5. The summed E-state index contributed by atoms with van der Waals surface area (Å²) in [5.74, 6) is 1.94. The van der Waals surface area contributed by atoms with Crippen molar-refractivity contribution in [2.45, 2.75) is 32.6 Å². The maximum atomic E-state index is 5.77. The van der Waals surface area contributed by atoms with E-state index in [4.69, 9.17) is 4.74 Å². The topological polar surface area (TPSA) is 65.9 Å². The van der Waals surface area contributed by atoms with Crippen LogP contribution in [0.2, 0.25) is 0 Å². The second-order valence-electron chi connectivity index (χ2n) is 7.35. The van der Waals surface area contributed by atoms with E-state index in [1.165, 1.54) is 17.1 Å². The molecule has 1 aliphatic rings. The van der Waals surface area contributed by atoms with Crippen LogP contribution >= 0.6 is 11.5 Å². The van der Waals surface area contributed by atoms with Crippen LogP contribution in [0.3, 0.4) is 0 Å². The van der Waals surface area contributed by atoms with Crippen LogP contribution in [-0.2, 0) is 17.6 Å². The molecule has 0 atom stereocenters. The van der Waals surface area contributed by atoms with E-state index in [2.05, 4.69) is 60.7 Å². The predicted octanol–water partition coefficient (Wildman–Crippen LogP) is 2.84. The van der Waals surface area contributed by atoms with Crippen molar-refractivity contribution in [2.75, 3.05) is 57.9 Å². The lowest BCUT2D eigenvalue weighted by Gasteiger charge is -2.36. The predicted molar refractivity (Wildman–Crippen MR) is 125 cm³/mol. The molecule has 2 aromatic rings. The van der Waals surface area contributed by atoms with Gasteiger partial charge in [-0.2, -0.15) is 4.37 Å². The summed E-state index contributed by atoms with van der Waals surface area (Å²) in [5, 5.41) is 4.54. The molecule has 0 bridgehead atoms. The average molecular weight is 431 g/mol. The van der Waals surface area contributed by atoms with Crippen LogP contribution in [-0.4, -0.2) is 73.2 Å². The molecular formula is C22H34N6OS. The van der Waals surface area contributed by atoms with Crippen LogP contribution in [0.1, 0.15) is 31.2 Å². The van der Waals surface area contributed by atoms with Crippen molar-refractivity contribution in [3.05, 3.63) is 41.7 Å². The fourth-order valence-electron chi connectivity index (χ4n) is 3.42. The molecule has 1 aromatic heterocycles. The van der Waals surface area contributed by atoms with Gasteiger partial charge < -0.3 is 19.9 Å². The largest absolute Gasteiger partial charge is 0.381 e. The molecule has 0 spiro atoms. The Hall–Kier alpha value is -2.19. The molecular weight excluding hydrogens is 396 g/mol. The summed E-state index contributed by atoms with van der Waals surface area (Å²) >= 11 is 1.51. The summed E-state index contributed by atoms with van der Waals surface area (Å²) in [6.07, 6.45) is 4.01. The molecule has 0 radical (unpaired) electrons. The summed E-state index contributed by atoms with van der Waals surface area (Å²) in [7, 11) is 1.86. The van der Waals surface area contributed by atoms with Gasteiger partial charge in [0.1, 0.15) is 5.82 Å². The van der Waals surface area contributed by atoms with Gasteiger partial charge in [0.15, 0.2) is 5.96 Å². The van der Waals surface area contributed by atoms with Gasteiger partial charge >= 0.3 is 0 Å². The van der Waals surface area contributed by atoms with E-state index in [-0.39, 0.29) is 0 Å². The minimum Gasteiger partial charge on any atom is -0.381 e. The number of piperazine rings is 1. The van der Waals surface area contributed by atoms with Crippen molar-refractivity contribution in [3.8, 4) is 0 Å². The fraction of sp³-hybridized carbons (Fsp3) is 0.591. The summed E-state index contributed by atoms with van der Waals surface area (Å²) in [5.41, 5.74) is 1.33. The maximum Gasteiger partial charge on any atom is 0.205 e. The second kappa shape index (κ2) is 12.5. The molecule has 8 heteroatoms. The van der Waals surface area contributed by atoms with Gasteiger partial charge in [0.05, 0.1) is 6.61 Å². The van der Waals surface area contributed by atoms with Gasteiger partial charge in [-0.25, -0.2) is 4.98 Å². The van der Waals surface area contributed by atoms with Crippen molar-refractivity contribution in [2.24, 2.45) is 4.99 Å². The van der Waals surface area contributed by atoms with Crippen LogP contribution in [0.4, 0.5) is 5.13 Å². The van der Waals surface area contributed by atoms with Crippen molar-refractivity contribution < 1.29 is 4.74 Å². The molecule has 1 saturated heterocycles. The van der Waals surface area contributed by atoms with E-state index >= 15 is 0 Å². The molecule has 2 heterocycles. The third kappa shape index (κ3) is 6.95. The number of anilines is 1. The van der Waals surface area contributed by atoms with E-state index in [0.717, 1.165) is 88.5 Å². The van der Waals surface area contributed by atoms with E-state index in [1.54, 1.807) is 0 Å². The van der Waals surface area contributed by atoms with Crippen LogP contribution in [0.25, 0.3) is 0 Å². The number of aliphatic imine (C=N–C) groups is 1. The number of hydrogen-bond donors (Lipinski definition) is 1. The Morgan fingerprint density at radius 2 is 1.93 bits per heavy atom. The van der Waals surface area contributed by atoms with Crippen LogP contribution in [0.15, 0.2) is 35.3 Å². The first-order valence-electron chi connectivity index (χ1n) is 10.9. The number of aryl methyl sites for hydroxylation is 1. The number of nitrogens with zero attached hydrogens (tertiary/aromatic N) is 5. The first-order valence-corrected chi connectivity index (χ1v) is 11.7. The van der Waals surface area contributed by atoms with Crippen molar-refractivity contribution in [1.82, 2.24) is 19.6 Å². The van der Waals surface area contributed by atoms with Gasteiger partial charge in [-0.05, 0) is 24.8 Å². The quantitative estimate of drug-likeness (QED) is 0.355. The molecule has 0 aliphatic carbocycles. The van der Waals surface area contributed by atoms with Crippen molar-refractivity contribution >= 4 is 22.6 Å². The number of hydrogen-bond acceptors (Lipinski definition) is 6. The van der Waals surface area contributed by atoms with E-state index in [0.29, 0.717) is 0 Å². The number of benzene rings is 1. The molecule has 7 nitrogen and oxygen atoms in total. The summed E-state index contributed by atoms with van der Waals surface area (Å²) in [4.78, 5) is 13.7. The third-order valence-corrected chi connectivity index (χ3v) is 6.03. The lowest BCUT2D eigenvalue weighted by atomic mass is 10.2. The number of rotatable bonds is 10. The first-order chi connectivity index (χ1) is 14.8. The molecule has 0 saturated carbocycles. The standard InChI is InChI=1S/C22H34N6OS/c1-3-20-25-22(30-26-20)28-15-13-27(14-16-28)21(23-2)24-12-7-8-17-29-18-11-19-9-5-4-6-10-19/h4-6,9-10H,3,7-8,11-18H2,1-2H3,(H,23,24). The maximum absolute atomic E-state index is 5.77. The molecule has 1 fully saturated rings. The monoisotopic (exact) mass is 430 g/mol. The average Bonchev–Trinajstić information content (AvgIpc) is 3.28. The Balaban J connectivity index is 1.26. The van der Waals surface area contributed by atoms with Gasteiger partial charge in [0.25, 0.3) is 0 Å². The van der Waals surface area contributed by atoms with Crippen LogP contribution in [0, 0.1) is 0 Å². The number of ether oxygens (including phenoxy) is 1. The first kappa shape index (κ1) is 22.5. The van der Waals surface area contributed by atoms with Crippen molar-refractivity contribution in [1.29, 1.82) is 0 Å². The lowest BCUT2D eigenvalue weighted by Crippen LogP contribution is -2.52. The van der Waals surface area contributed by atoms with Crippen LogP contribution < -0.4 is 10.2 Å². The number of guanidine groups is 1. The summed E-state index contributed by atoms with van der Waals surface area (Å²) in [6.45, 7) is 8.42.